The van der Waals surface area contributed by atoms with Crippen molar-refractivity contribution in [2.45, 2.75) is 18.9 Å². The number of aliphatic hydroxyl groups is 1. The number of benzene rings is 1. The number of rotatable bonds is 8. The molecule has 0 saturated carbocycles. The number of amides is 1. The number of nitrogens with one attached hydrogen (secondary N) is 1. The second-order valence-electron chi connectivity index (χ2n) is 5.56. The van der Waals surface area contributed by atoms with E-state index in [2.05, 4.69) is 5.32 Å². The third kappa shape index (κ3) is 4.52. The summed E-state index contributed by atoms with van der Waals surface area (Å²) in [6.07, 6.45) is 2.01. The van der Waals surface area contributed by atoms with Crippen molar-refractivity contribution in [3.8, 4) is 11.5 Å². The molecule has 1 atom stereocenters. The van der Waals surface area contributed by atoms with Gasteiger partial charge in [0, 0.05) is 25.5 Å². The number of nitrogens with zero attached hydrogens (tertiary/aromatic N) is 1. The first kappa shape index (κ1) is 17.9. The van der Waals surface area contributed by atoms with E-state index in [0.29, 0.717) is 24.5 Å². The molecule has 0 saturated heterocycles. The fourth-order valence-electron chi connectivity index (χ4n) is 2.56. The molecule has 6 heteroatoms. The van der Waals surface area contributed by atoms with E-state index in [4.69, 9.17) is 9.47 Å². The molecule has 2 rings (SSSR count). The lowest BCUT2D eigenvalue weighted by Gasteiger charge is -2.13. The molecular weight excluding hydrogens is 308 g/mol. The summed E-state index contributed by atoms with van der Waals surface area (Å²) < 4.78 is 12.3. The third-order valence-corrected chi connectivity index (χ3v) is 3.88. The fraction of sp³-hybridized carbons (Fsp3) is 0.389. The Balaban J connectivity index is 1.82. The van der Waals surface area contributed by atoms with Crippen molar-refractivity contribution in [1.82, 2.24) is 9.88 Å². The van der Waals surface area contributed by atoms with Gasteiger partial charge < -0.3 is 24.5 Å². The SMILES string of the molecule is COc1ccc(CC(=O)NCC[C@@H](O)c2cccn2C)cc1OC. The van der Waals surface area contributed by atoms with Crippen LogP contribution in [0.3, 0.4) is 0 Å². The van der Waals surface area contributed by atoms with Crippen LogP contribution in [0.15, 0.2) is 36.5 Å². The van der Waals surface area contributed by atoms with Gasteiger partial charge in [0.05, 0.1) is 26.7 Å². The van der Waals surface area contributed by atoms with Crippen LogP contribution in [-0.4, -0.2) is 36.3 Å². The van der Waals surface area contributed by atoms with Crippen molar-refractivity contribution in [3.05, 3.63) is 47.8 Å². The van der Waals surface area contributed by atoms with Crippen molar-refractivity contribution in [3.63, 3.8) is 0 Å². The summed E-state index contributed by atoms with van der Waals surface area (Å²) in [6, 6.07) is 9.15. The highest BCUT2D eigenvalue weighted by Crippen LogP contribution is 2.27. The number of carbonyl (C=O) groups is 1. The number of carbonyl (C=O) groups excluding carboxylic acids is 1. The number of aryl methyl sites for hydroxylation is 1. The first-order chi connectivity index (χ1) is 11.5. The van der Waals surface area contributed by atoms with Crippen LogP contribution in [0.1, 0.15) is 23.8 Å². The van der Waals surface area contributed by atoms with Gasteiger partial charge in [0.25, 0.3) is 0 Å². The molecule has 1 aromatic carbocycles. The van der Waals surface area contributed by atoms with Crippen LogP contribution in [0.2, 0.25) is 0 Å². The first-order valence-electron chi connectivity index (χ1n) is 7.82. The number of hydrogen-bond donors (Lipinski definition) is 2. The molecule has 24 heavy (non-hydrogen) atoms. The molecule has 130 valence electrons. The Kier molecular flexibility index (Phi) is 6.26. The van der Waals surface area contributed by atoms with Crippen molar-refractivity contribution in [2.75, 3.05) is 20.8 Å². The van der Waals surface area contributed by atoms with Gasteiger partial charge in [-0.25, -0.2) is 0 Å². The van der Waals surface area contributed by atoms with Gasteiger partial charge >= 0.3 is 0 Å². The monoisotopic (exact) mass is 332 g/mol. The molecule has 0 aliphatic carbocycles. The lowest BCUT2D eigenvalue weighted by molar-refractivity contribution is -0.120. The maximum Gasteiger partial charge on any atom is 0.224 e. The molecule has 0 fully saturated rings. The van der Waals surface area contributed by atoms with E-state index in [9.17, 15) is 9.90 Å². The largest absolute Gasteiger partial charge is 0.493 e. The van der Waals surface area contributed by atoms with Gasteiger partial charge in [-0.05, 0) is 36.2 Å². The molecule has 0 spiro atoms. The van der Waals surface area contributed by atoms with Gasteiger partial charge in [-0.3, -0.25) is 4.79 Å². The number of aliphatic hydroxyl groups excluding tert-OH is 1. The van der Waals surface area contributed by atoms with Crippen molar-refractivity contribution in [2.24, 2.45) is 7.05 Å². The lowest BCUT2D eigenvalue weighted by Crippen LogP contribution is -2.27. The standard InChI is InChI=1S/C18H24N2O4/c1-20-10-4-5-14(20)15(21)8-9-19-18(22)12-13-6-7-16(23-2)17(11-13)24-3/h4-7,10-11,15,21H,8-9,12H2,1-3H3,(H,19,22)/t15-/m1/s1. The summed E-state index contributed by atoms with van der Waals surface area (Å²) in [4.78, 5) is 12.0. The summed E-state index contributed by atoms with van der Waals surface area (Å²) in [5.41, 5.74) is 1.68. The molecule has 2 aromatic rings. The minimum absolute atomic E-state index is 0.0960. The molecule has 0 aliphatic rings. The molecule has 0 unspecified atom stereocenters. The predicted molar refractivity (Wildman–Crippen MR) is 91.2 cm³/mol. The van der Waals surface area contributed by atoms with Crippen LogP contribution in [-0.2, 0) is 18.3 Å². The van der Waals surface area contributed by atoms with Crippen LogP contribution in [0.5, 0.6) is 11.5 Å². The molecule has 0 radical (unpaired) electrons. The van der Waals surface area contributed by atoms with Gasteiger partial charge in [0.1, 0.15) is 0 Å². The number of methoxy groups -OCH3 is 2. The Morgan fingerprint density at radius 3 is 2.62 bits per heavy atom. The molecule has 2 N–H and O–H groups in total. The lowest BCUT2D eigenvalue weighted by atomic mass is 10.1. The van der Waals surface area contributed by atoms with Gasteiger partial charge in [-0.2, -0.15) is 0 Å². The van der Waals surface area contributed by atoms with Crippen LogP contribution in [0.4, 0.5) is 0 Å². The van der Waals surface area contributed by atoms with Crippen molar-refractivity contribution < 1.29 is 19.4 Å². The van der Waals surface area contributed by atoms with Crippen LogP contribution in [0, 0.1) is 0 Å². The van der Waals surface area contributed by atoms with Crippen LogP contribution >= 0.6 is 0 Å². The van der Waals surface area contributed by atoms with Crippen molar-refractivity contribution in [1.29, 1.82) is 0 Å². The number of ether oxygens (including phenoxy) is 2. The average Bonchev–Trinajstić information content (AvgIpc) is 3.00. The zero-order valence-electron chi connectivity index (χ0n) is 14.3. The quantitative estimate of drug-likeness (QED) is 0.773. The minimum atomic E-state index is -0.591. The summed E-state index contributed by atoms with van der Waals surface area (Å²) in [7, 11) is 5.02. The highest BCUT2D eigenvalue weighted by Gasteiger charge is 2.12. The molecule has 1 heterocycles. The maximum absolute atomic E-state index is 12.0. The average molecular weight is 332 g/mol. The molecule has 1 amide bonds. The van der Waals surface area contributed by atoms with E-state index >= 15 is 0 Å². The molecule has 6 nitrogen and oxygen atoms in total. The van der Waals surface area contributed by atoms with Gasteiger partial charge in [0.15, 0.2) is 11.5 Å². The normalized spacial score (nSPS) is 11.8. The minimum Gasteiger partial charge on any atom is -0.493 e. The van der Waals surface area contributed by atoms with Gasteiger partial charge in [-0.15, -0.1) is 0 Å². The zero-order chi connectivity index (χ0) is 17.5. The van der Waals surface area contributed by atoms with Crippen molar-refractivity contribution >= 4 is 5.91 Å². The van der Waals surface area contributed by atoms with Gasteiger partial charge in [-0.1, -0.05) is 6.07 Å². The Morgan fingerprint density at radius 2 is 2.00 bits per heavy atom. The smallest absolute Gasteiger partial charge is 0.224 e. The van der Waals surface area contributed by atoms with E-state index in [1.807, 2.05) is 36.0 Å². The highest BCUT2D eigenvalue weighted by molar-refractivity contribution is 5.78. The fourth-order valence-corrected chi connectivity index (χ4v) is 2.56. The van der Waals surface area contributed by atoms with E-state index in [1.165, 1.54) is 0 Å². The highest BCUT2D eigenvalue weighted by atomic mass is 16.5. The summed E-state index contributed by atoms with van der Waals surface area (Å²) >= 11 is 0. The Morgan fingerprint density at radius 1 is 1.25 bits per heavy atom. The van der Waals surface area contributed by atoms with Crippen LogP contribution < -0.4 is 14.8 Å². The summed E-state index contributed by atoms with van der Waals surface area (Å²) in [5.74, 6) is 1.13. The first-order valence-corrected chi connectivity index (χ1v) is 7.82. The van der Waals surface area contributed by atoms with E-state index in [-0.39, 0.29) is 12.3 Å². The Hall–Kier alpha value is -2.47. The molecule has 1 aromatic heterocycles. The molecule has 0 bridgehead atoms. The summed E-state index contributed by atoms with van der Waals surface area (Å²) in [5, 5.41) is 12.9. The number of aromatic nitrogens is 1. The maximum atomic E-state index is 12.0. The van der Waals surface area contributed by atoms with Gasteiger partial charge in [0.2, 0.25) is 5.91 Å². The summed E-state index contributed by atoms with van der Waals surface area (Å²) in [6.45, 7) is 0.415. The zero-order valence-corrected chi connectivity index (χ0v) is 14.3. The van der Waals surface area contributed by atoms with E-state index in [0.717, 1.165) is 11.3 Å². The molecular formula is C18H24N2O4. The van der Waals surface area contributed by atoms with E-state index < -0.39 is 6.10 Å². The Labute approximate surface area is 142 Å². The second kappa shape index (κ2) is 8.40. The number of hydrogen-bond acceptors (Lipinski definition) is 4. The third-order valence-electron chi connectivity index (χ3n) is 3.88. The topological polar surface area (TPSA) is 72.7 Å². The van der Waals surface area contributed by atoms with E-state index in [1.54, 1.807) is 26.4 Å². The van der Waals surface area contributed by atoms with Crippen LogP contribution in [0.25, 0.3) is 0 Å². The second-order valence-corrected chi connectivity index (χ2v) is 5.56. The Bertz CT molecular complexity index is 681. The predicted octanol–water partition coefficient (Wildman–Crippen LogP) is 1.82. The molecule has 0 aliphatic heterocycles.